The van der Waals surface area contributed by atoms with Crippen LogP contribution < -0.4 is 0 Å². The van der Waals surface area contributed by atoms with Crippen molar-refractivity contribution in [2.45, 2.75) is 0 Å². The van der Waals surface area contributed by atoms with Crippen LogP contribution in [0, 0.1) is 13.8 Å². The Kier molecular flexibility index (Phi) is 9.41. The van der Waals surface area contributed by atoms with E-state index in [1.165, 1.54) is 0 Å². The summed E-state index contributed by atoms with van der Waals surface area (Å²) in [5.74, 6) is 0. The van der Waals surface area contributed by atoms with E-state index in [1.54, 1.807) is 0 Å². The zero-order valence-corrected chi connectivity index (χ0v) is 11.6. The van der Waals surface area contributed by atoms with Gasteiger partial charge in [0.25, 0.3) is 0 Å². The molecule has 1 aromatic carbocycles. The Labute approximate surface area is 113 Å². The summed E-state index contributed by atoms with van der Waals surface area (Å²) in [4.78, 5) is 0. The third kappa shape index (κ3) is 4.13. The standard InChI is InChI=1S/C8H8.2Y/c1-7-5-3-4-6-8(7)2;;/h3-6H,1-2H2;;/q-2;;. The molecular weight excluding hydrogens is 274 g/mol. The molecule has 0 bridgehead atoms. The molecule has 0 atom stereocenters. The number of hydrogen-bond donors (Lipinski definition) is 0. The molecular formula is C8H8Y2-2. The monoisotopic (exact) mass is 282 g/mol. The molecule has 0 fully saturated rings. The largest absolute Gasteiger partial charge is 0.299 e. The number of benzene rings is 1. The van der Waals surface area contributed by atoms with Crippen LogP contribution in [0.25, 0.3) is 0 Å². The Morgan fingerprint density at radius 2 is 1.10 bits per heavy atom. The van der Waals surface area contributed by atoms with Crippen molar-refractivity contribution >= 4 is 0 Å². The van der Waals surface area contributed by atoms with Gasteiger partial charge in [-0.15, -0.1) is 12.1 Å². The van der Waals surface area contributed by atoms with Gasteiger partial charge in [0.1, 0.15) is 0 Å². The molecule has 1 rings (SSSR count). The Hall–Kier alpha value is 1.17. The van der Waals surface area contributed by atoms with E-state index in [-0.39, 0.29) is 65.4 Å². The minimum Gasteiger partial charge on any atom is -0.299 e. The van der Waals surface area contributed by atoms with Crippen molar-refractivity contribution in [1.29, 1.82) is 0 Å². The fourth-order valence-electron chi connectivity index (χ4n) is 0.557. The van der Waals surface area contributed by atoms with Crippen molar-refractivity contribution in [2.24, 2.45) is 0 Å². The Bertz CT molecular complexity index is 163. The zero-order valence-electron chi connectivity index (χ0n) is 5.88. The van der Waals surface area contributed by atoms with Crippen molar-refractivity contribution in [3.05, 3.63) is 49.2 Å². The van der Waals surface area contributed by atoms with E-state index < -0.39 is 0 Å². The van der Waals surface area contributed by atoms with Gasteiger partial charge in [-0.1, -0.05) is 0 Å². The summed E-state index contributed by atoms with van der Waals surface area (Å²) in [6.45, 7) is 7.52. The fourth-order valence-corrected chi connectivity index (χ4v) is 0.557. The van der Waals surface area contributed by atoms with Gasteiger partial charge < -0.3 is 0 Å². The second-order valence-electron chi connectivity index (χ2n) is 1.77. The van der Waals surface area contributed by atoms with Crippen molar-refractivity contribution in [1.82, 2.24) is 0 Å². The molecule has 0 unspecified atom stereocenters. The molecule has 0 heterocycles. The predicted octanol–water partition coefficient (Wildman–Crippen LogP) is 2.05. The van der Waals surface area contributed by atoms with E-state index in [0.29, 0.717) is 0 Å². The van der Waals surface area contributed by atoms with Gasteiger partial charge in [0, 0.05) is 65.4 Å². The summed E-state index contributed by atoms with van der Waals surface area (Å²) < 4.78 is 0. The predicted molar refractivity (Wildman–Crippen MR) is 35.4 cm³/mol. The number of hydrogen-bond acceptors (Lipinski definition) is 0. The van der Waals surface area contributed by atoms with Crippen LogP contribution in [0.1, 0.15) is 11.1 Å². The average Bonchev–Trinajstić information content (AvgIpc) is 1.77. The van der Waals surface area contributed by atoms with Crippen LogP contribution in [0.15, 0.2) is 24.3 Å². The van der Waals surface area contributed by atoms with Crippen LogP contribution in [0.3, 0.4) is 0 Å². The van der Waals surface area contributed by atoms with Gasteiger partial charge in [-0.3, -0.25) is 25.0 Å². The summed E-state index contributed by atoms with van der Waals surface area (Å²) in [5, 5.41) is 0. The molecule has 0 aliphatic carbocycles. The molecule has 2 radical (unpaired) electrons. The van der Waals surface area contributed by atoms with Gasteiger partial charge in [0.2, 0.25) is 0 Å². The SMILES string of the molecule is [CH2-]c1ccccc1[CH2-].[Y].[Y]. The van der Waals surface area contributed by atoms with Crippen LogP contribution in [0.2, 0.25) is 0 Å². The normalized spacial score (nSPS) is 7.20. The van der Waals surface area contributed by atoms with Gasteiger partial charge in [0.15, 0.2) is 0 Å². The van der Waals surface area contributed by atoms with Gasteiger partial charge in [0.05, 0.1) is 0 Å². The Morgan fingerprint density at radius 1 is 0.800 bits per heavy atom. The van der Waals surface area contributed by atoms with Crippen LogP contribution >= 0.6 is 0 Å². The molecule has 0 saturated carbocycles. The molecule has 1 aromatic rings. The van der Waals surface area contributed by atoms with E-state index in [4.69, 9.17) is 0 Å². The summed E-state index contributed by atoms with van der Waals surface area (Å²) in [6, 6.07) is 7.80. The first-order valence-corrected chi connectivity index (χ1v) is 2.53. The first kappa shape index (κ1) is 13.7. The fraction of sp³-hybridized carbons (Fsp3) is 0. The van der Waals surface area contributed by atoms with E-state index in [0.717, 1.165) is 11.1 Å². The van der Waals surface area contributed by atoms with E-state index in [9.17, 15) is 0 Å². The zero-order chi connectivity index (χ0) is 5.98. The minimum absolute atomic E-state index is 0. The molecule has 0 spiro atoms. The van der Waals surface area contributed by atoms with Gasteiger partial charge in [-0.2, -0.15) is 0 Å². The second-order valence-corrected chi connectivity index (χ2v) is 1.77. The molecule has 0 aliphatic heterocycles. The molecule has 48 valence electrons. The topological polar surface area (TPSA) is 0 Å². The van der Waals surface area contributed by atoms with Gasteiger partial charge >= 0.3 is 0 Å². The first-order valence-electron chi connectivity index (χ1n) is 2.53. The summed E-state index contributed by atoms with van der Waals surface area (Å²) in [7, 11) is 0. The van der Waals surface area contributed by atoms with Gasteiger partial charge in [-0.05, 0) is 0 Å². The minimum atomic E-state index is 0. The van der Waals surface area contributed by atoms with E-state index >= 15 is 0 Å². The Balaban J connectivity index is 0. The van der Waals surface area contributed by atoms with Crippen LogP contribution in [-0.2, 0) is 65.4 Å². The van der Waals surface area contributed by atoms with Crippen LogP contribution in [0.4, 0.5) is 0 Å². The molecule has 0 amide bonds. The number of rotatable bonds is 0. The maximum absolute atomic E-state index is 3.76. The van der Waals surface area contributed by atoms with Crippen molar-refractivity contribution in [3.8, 4) is 0 Å². The molecule has 10 heavy (non-hydrogen) atoms. The van der Waals surface area contributed by atoms with Gasteiger partial charge in [-0.25, -0.2) is 12.1 Å². The third-order valence-electron chi connectivity index (χ3n) is 1.12. The second kappa shape index (κ2) is 6.85. The molecule has 0 nitrogen and oxygen atoms in total. The maximum atomic E-state index is 3.76. The average molecular weight is 282 g/mol. The van der Waals surface area contributed by atoms with E-state index in [2.05, 4.69) is 13.8 Å². The smallest absolute Gasteiger partial charge is 0 e. The molecule has 0 aromatic heterocycles. The van der Waals surface area contributed by atoms with Crippen molar-refractivity contribution in [2.75, 3.05) is 0 Å². The van der Waals surface area contributed by atoms with Crippen molar-refractivity contribution < 1.29 is 65.4 Å². The third-order valence-corrected chi connectivity index (χ3v) is 1.12. The van der Waals surface area contributed by atoms with Crippen LogP contribution in [0.5, 0.6) is 0 Å². The molecule has 0 saturated heterocycles. The summed E-state index contributed by atoms with van der Waals surface area (Å²) >= 11 is 0. The van der Waals surface area contributed by atoms with E-state index in [1.807, 2.05) is 24.3 Å². The summed E-state index contributed by atoms with van der Waals surface area (Å²) in [6.07, 6.45) is 0. The quantitative estimate of drug-likeness (QED) is 0.639. The molecule has 0 N–H and O–H groups in total. The molecule has 0 aliphatic rings. The Morgan fingerprint density at radius 3 is 1.30 bits per heavy atom. The summed E-state index contributed by atoms with van der Waals surface area (Å²) in [5.41, 5.74) is 2.01. The van der Waals surface area contributed by atoms with Crippen molar-refractivity contribution in [3.63, 3.8) is 0 Å². The molecule has 2 heteroatoms. The van der Waals surface area contributed by atoms with Crippen LogP contribution in [-0.4, -0.2) is 0 Å². The maximum Gasteiger partial charge on any atom is 0 e. The first-order chi connectivity index (χ1) is 3.80.